The van der Waals surface area contributed by atoms with Gasteiger partial charge in [0.2, 0.25) is 0 Å². The minimum atomic E-state index is -4.07. The van der Waals surface area contributed by atoms with E-state index >= 15 is 0 Å². The maximum atomic E-state index is 10.1. The first kappa shape index (κ1) is 10.1. The fourth-order valence-electron chi connectivity index (χ4n) is 0.277. The Morgan fingerprint density at radius 1 is 1.60 bits per heavy atom. The van der Waals surface area contributed by atoms with Crippen molar-refractivity contribution in [2.75, 3.05) is 13.0 Å². The molecule has 0 aliphatic heterocycles. The number of hydrogen-bond donors (Lipinski definition) is 3. The zero-order valence-corrected chi connectivity index (χ0v) is 6.49. The Kier molecular flexibility index (Phi) is 4.08. The third kappa shape index (κ3) is 6.19. The third-order valence-corrected chi connectivity index (χ3v) is 1.27. The van der Waals surface area contributed by atoms with Crippen molar-refractivity contribution in [2.45, 2.75) is 13.0 Å². The van der Waals surface area contributed by atoms with Crippen LogP contribution >= 0.6 is 7.60 Å². The molecule has 0 bridgehead atoms. The fraction of sp³-hybridized carbons (Fsp3) is 1.00. The van der Waals surface area contributed by atoms with E-state index in [4.69, 9.17) is 14.9 Å². The van der Waals surface area contributed by atoms with Crippen LogP contribution in [0.4, 0.5) is 0 Å². The first-order valence-electron chi connectivity index (χ1n) is 2.73. The molecule has 0 saturated carbocycles. The second kappa shape index (κ2) is 4.05. The van der Waals surface area contributed by atoms with E-state index < -0.39 is 20.0 Å². The summed E-state index contributed by atoms with van der Waals surface area (Å²) in [7, 11) is -4.07. The van der Waals surface area contributed by atoms with Gasteiger partial charge in [0.1, 0.15) is 6.35 Å². The molecule has 10 heavy (non-hydrogen) atoms. The Balaban J connectivity index is 3.46. The number of hydrogen-bond acceptors (Lipinski definition) is 3. The predicted molar refractivity (Wildman–Crippen MR) is 34.5 cm³/mol. The molecule has 0 spiro atoms. The number of aliphatic hydroxyl groups excluding tert-OH is 1. The van der Waals surface area contributed by atoms with Crippen LogP contribution in [-0.2, 0) is 9.30 Å². The van der Waals surface area contributed by atoms with E-state index in [9.17, 15) is 4.57 Å². The van der Waals surface area contributed by atoms with Crippen molar-refractivity contribution in [1.82, 2.24) is 0 Å². The fourth-order valence-corrected chi connectivity index (χ4v) is 0.726. The maximum Gasteiger partial charge on any atom is 0.350 e. The van der Waals surface area contributed by atoms with Gasteiger partial charge < -0.3 is 19.6 Å². The van der Waals surface area contributed by atoms with Crippen LogP contribution in [0.2, 0.25) is 0 Å². The molecule has 62 valence electrons. The van der Waals surface area contributed by atoms with E-state index in [1.807, 2.05) is 0 Å². The van der Waals surface area contributed by atoms with Crippen LogP contribution in [0.3, 0.4) is 0 Å². The van der Waals surface area contributed by atoms with E-state index in [2.05, 4.69) is 4.74 Å². The van der Waals surface area contributed by atoms with Crippen molar-refractivity contribution < 1.29 is 24.2 Å². The van der Waals surface area contributed by atoms with Crippen LogP contribution in [0.15, 0.2) is 0 Å². The second-order valence-electron chi connectivity index (χ2n) is 1.95. The van der Waals surface area contributed by atoms with Gasteiger partial charge in [-0.1, -0.05) is 0 Å². The normalized spacial score (nSPS) is 15.2. The second-order valence-corrected chi connectivity index (χ2v) is 3.54. The Bertz CT molecular complexity index is 130. The highest BCUT2D eigenvalue weighted by molar-refractivity contribution is 7.51. The summed E-state index contributed by atoms with van der Waals surface area (Å²) in [5.41, 5.74) is 0. The Morgan fingerprint density at radius 2 is 2.10 bits per heavy atom. The molecule has 0 aromatic heterocycles. The lowest BCUT2D eigenvalue weighted by atomic mass is 10.4. The molecule has 0 fully saturated rings. The van der Waals surface area contributed by atoms with Gasteiger partial charge in [-0.3, -0.25) is 4.57 Å². The molecule has 0 aromatic rings. The lowest BCUT2D eigenvalue weighted by Crippen LogP contribution is -2.13. The lowest BCUT2D eigenvalue weighted by Gasteiger charge is -2.09. The Morgan fingerprint density at radius 3 is 2.40 bits per heavy atom. The van der Waals surface area contributed by atoms with Crippen molar-refractivity contribution in [1.29, 1.82) is 0 Å². The van der Waals surface area contributed by atoms with Crippen LogP contribution in [0.25, 0.3) is 0 Å². The summed E-state index contributed by atoms with van der Waals surface area (Å²) in [5.74, 6) is 0. The topological polar surface area (TPSA) is 87.0 Å². The van der Waals surface area contributed by atoms with Crippen molar-refractivity contribution in [3.63, 3.8) is 0 Å². The molecular formula is C4H11O5P. The number of aliphatic hydroxyl groups is 1. The predicted octanol–water partition coefficient (Wildman–Crippen LogP) is -0.481. The van der Waals surface area contributed by atoms with Gasteiger partial charge in [0.15, 0.2) is 0 Å². The molecule has 1 atom stereocenters. The minimum absolute atomic E-state index is 0.236. The van der Waals surface area contributed by atoms with Gasteiger partial charge in [-0.15, -0.1) is 0 Å². The first-order chi connectivity index (χ1) is 4.45. The summed E-state index contributed by atoms with van der Waals surface area (Å²) < 4.78 is 14.7. The van der Waals surface area contributed by atoms with Crippen LogP contribution in [-0.4, -0.2) is 34.0 Å². The molecule has 0 amide bonds. The smallest absolute Gasteiger partial charge is 0.350 e. The summed E-state index contributed by atoms with van der Waals surface area (Å²) >= 11 is 0. The summed E-state index contributed by atoms with van der Waals surface area (Å²) in [6, 6.07) is 0. The summed E-state index contributed by atoms with van der Waals surface area (Å²) in [5, 5.41) is 8.35. The standard InChI is InChI=1S/C4H11O5P/c1-4(2-5)9-3-10(6,7)8/h4-5H,2-3H2,1H3,(H2,6,7,8)/t4-/m1/s1. The largest absolute Gasteiger partial charge is 0.394 e. The summed E-state index contributed by atoms with van der Waals surface area (Å²) in [6.45, 7) is 1.29. The van der Waals surface area contributed by atoms with Gasteiger partial charge in [0.25, 0.3) is 0 Å². The Hall–Kier alpha value is 0.0700. The Labute approximate surface area is 58.8 Å². The van der Waals surface area contributed by atoms with Gasteiger partial charge in [-0.05, 0) is 6.92 Å². The first-order valence-corrected chi connectivity index (χ1v) is 4.52. The van der Waals surface area contributed by atoms with E-state index in [-0.39, 0.29) is 6.61 Å². The van der Waals surface area contributed by atoms with Gasteiger partial charge in [-0.25, -0.2) is 0 Å². The molecule has 0 unspecified atom stereocenters. The molecule has 0 rings (SSSR count). The number of rotatable bonds is 4. The highest BCUT2D eigenvalue weighted by Crippen LogP contribution is 2.34. The van der Waals surface area contributed by atoms with Gasteiger partial charge in [0, 0.05) is 0 Å². The highest BCUT2D eigenvalue weighted by atomic mass is 31.2. The number of ether oxygens (including phenoxy) is 1. The third-order valence-electron chi connectivity index (χ3n) is 0.784. The quantitative estimate of drug-likeness (QED) is 0.496. The van der Waals surface area contributed by atoms with Crippen molar-refractivity contribution in [3.05, 3.63) is 0 Å². The zero-order valence-electron chi connectivity index (χ0n) is 5.60. The van der Waals surface area contributed by atoms with Crippen LogP contribution in [0.1, 0.15) is 6.92 Å². The average molecular weight is 170 g/mol. The molecule has 6 heteroatoms. The minimum Gasteiger partial charge on any atom is -0.394 e. The van der Waals surface area contributed by atoms with E-state index in [1.54, 1.807) is 0 Å². The maximum absolute atomic E-state index is 10.1. The summed E-state index contributed by atoms with van der Waals surface area (Å²) in [4.78, 5) is 16.5. The zero-order chi connectivity index (χ0) is 8.20. The van der Waals surface area contributed by atoms with Crippen molar-refractivity contribution >= 4 is 7.60 Å². The monoisotopic (exact) mass is 170 g/mol. The molecule has 0 aromatic carbocycles. The molecular weight excluding hydrogens is 159 g/mol. The van der Waals surface area contributed by atoms with E-state index in [0.717, 1.165) is 0 Å². The van der Waals surface area contributed by atoms with Crippen molar-refractivity contribution in [2.24, 2.45) is 0 Å². The summed E-state index contributed by atoms with van der Waals surface area (Å²) in [6.07, 6.45) is -1.15. The van der Waals surface area contributed by atoms with E-state index in [0.29, 0.717) is 0 Å². The van der Waals surface area contributed by atoms with Crippen LogP contribution < -0.4 is 0 Å². The molecule has 0 aliphatic rings. The molecule has 3 N–H and O–H groups in total. The van der Waals surface area contributed by atoms with E-state index in [1.165, 1.54) is 6.92 Å². The average Bonchev–Trinajstić information content (AvgIpc) is 1.81. The van der Waals surface area contributed by atoms with Gasteiger partial charge in [-0.2, -0.15) is 0 Å². The van der Waals surface area contributed by atoms with Crippen LogP contribution in [0, 0.1) is 0 Å². The highest BCUT2D eigenvalue weighted by Gasteiger charge is 2.14. The SMILES string of the molecule is C[C@H](CO)OCP(=O)(O)O. The van der Waals surface area contributed by atoms with Gasteiger partial charge in [0.05, 0.1) is 12.7 Å². The lowest BCUT2D eigenvalue weighted by molar-refractivity contribution is 0.0427. The van der Waals surface area contributed by atoms with Crippen LogP contribution in [0.5, 0.6) is 0 Å². The molecule has 0 radical (unpaired) electrons. The molecule has 5 nitrogen and oxygen atoms in total. The molecule has 0 aliphatic carbocycles. The van der Waals surface area contributed by atoms with Crippen molar-refractivity contribution in [3.8, 4) is 0 Å². The van der Waals surface area contributed by atoms with Gasteiger partial charge >= 0.3 is 7.60 Å². The molecule has 0 saturated heterocycles. The molecule has 0 heterocycles.